The monoisotopic (exact) mass is 296 g/mol. The Hall–Kier alpha value is -1.78. The second-order valence-corrected chi connectivity index (χ2v) is 4.62. The van der Waals surface area contributed by atoms with Crippen LogP contribution in [0.2, 0.25) is 10.0 Å². The molecule has 2 aromatic rings. The lowest BCUT2D eigenvalue weighted by molar-refractivity contribution is 0.0943. The standard InChI is InChI=1S/C13H10Cl2N2O2/c14-9-4-3-8(6-10(9)15)7-17-13(19)12-11(18)2-1-5-16-12/h1-6,18H,7H2,(H,17,19). The molecule has 0 fully saturated rings. The van der Waals surface area contributed by atoms with Gasteiger partial charge in [-0.05, 0) is 29.8 Å². The Labute approximate surface area is 120 Å². The molecule has 0 saturated carbocycles. The first-order valence-electron chi connectivity index (χ1n) is 5.44. The lowest BCUT2D eigenvalue weighted by Gasteiger charge is -2.06. The summed E-state index contributed by atoms with van der Waals surface area (Å²) in [6, 6.07) is 8.03. The molecule has 0 radical (unpaired) electrons. The van der Waals surface area contributed by atoms with Gasteiger partial charge in [-0.1, -0.05) is 29.3 Å². The molecule has 98 valence electrons. The van der Waals surface area contributed by atoms with E-state index in [-0.39, 0.29) is 18.0 Å². The average molecular weight is 297 g/mol. The first-order chi connectivity index (χ1) is 9.08. The number of pyridine rings is 1. The van der Waals surface area contributed by atoms with Crippen molar-refractivity contribution in [3.63, 3.8) is 0 Å². The van der Waals surface area contributed by atoms with Gasteiger partial charge in [-0.25, -0.2) is 4.98 Å². The second kappa shape index (κ2) is 5.91. The van der Waals surface area contributed by atoms with Gasteiger partial charge >= 0.3 is 0 Å². The zero-order chi connectivity index (χ0) is 13.8. The highest BCUT2D eigenvalue weighted by molar-refractivity contribution is 6.42. The van der Waals surface area contributed by atoms with Gasteiger partial charge in [0.25, 0.3) is 5.91 Å². The fourth-order valence-electron chi connectivity index (χ4n) is 1.49. The van der Waals surface area contributed by atoms with Gasteiger partial charge < -0.3 is 10.4 Å². The molecule has 0 aliphatic heterocycles. The van der Waals surface area contributed by atoms with Gasteiger partial charge in [-0.15, -0.1) is 0 Å². The molecule has 19 heavy (non-hydrogen) atoms. The number of aromatic nitrogens is 1. The van der Waals surface area contributed by atoms with Crippen LogP contribution in [-0.2, 0) is 6.54 Å². The summed E-state index contributed by atoms with van der Waals surface area (Å²) in [5.74, 6) is -0.613. The summed E-state index contributed by atoms with van der Waals surface area (Å²) in [5, 5.41) is 13.0. The van der Waals surface area contributed by atoms with Crippen LogP contribution in [0.3, 0.4) is 0 Å². The molecule has 4 nitrogen and oxygen atoms in total. The molecular formula is C13H10Cl2N2O2. The number of carbonyl (C=O) groups is 1. The third kappa shape index (κ3) is 3.36. The molecule has 1 aromatic carbocycles. The maximum atomic E-state index is 11.8. The van der Waals surface area contributed by atoms with E-state index in [2.05, 4.69) is 10.3 Å². The van der Waals surface area contributed by atoms with Crippen LogP contribution in [0.1, 0.15) is 16.1 Å². The van der Waals surface area contributed by atoms with Crippen molar-refractivity contribution in [2.45, 2.75) is 6.54 Å². The summed E-state index contributed by atoms with van der Waals surface area (Å²) in [6.07, 6.45) is 1.44. The quantitative estimate of drug-likeness (QED) is 0.915. The summed E-state index contributed by atoms with van der Waals surface area (Å²) in [4.78, 5) is 15.6. The van der Waals surface area contributed by atoms with Crippen LogP contribution >= 0.6 is 23.2 Å². The normalized spacial score (nSPS) is 10.2. The number of nitrogens with one attached hydrogen (secondary N) is 1. The Morgan fingerprint density at radius 3 is 2.74 bits per heavy atom. The molecule has 0 saturated heterocycles. The van der Waals surface area contributed by atoms with Crippen molar-refractivity contribution in [2.24, 2.45) is 0 Å². The molecule has 0 spiro atoms. The van der Waals surface area contributed by atoms with Gasteiger partial charge in [0.05, 0.1) is 10.0 Å². The Bertz CT molecular complexity index is 617. The van der Waals surface area contributed by atoms with Crippen molar-refractivity contribution in [3.8, 4) is 5.75 Å². The maximum Gasteiger partial charge on any atom is 0.273 e. The highest BCUT2D eigenvalue weighted by Gasteiger charge is 2.11. The van der Waals surface area contributed by atoms with Gasteiger partial charge in [0.15, 0.2) is 5.69 Å². The number of benzene rings is 1. The Balaban J connectivity index is 2.04. The predicted molar refractivity (Wildman–Crippen MR) is 73.5 cm³/mol. The third-order valence-corrected chi connectivity index (χ3v) is 3.18. The molecule has 2 rings (SSSR count). The minimum atomic E-state index is -0.454. The summed E-state index contributed by atoms with van der Waals surface area (Å²) < 4.78 is 0. The lowest BCUT2D eigenvalue weighted by atomic mass is 10.2. The van der Waals surface area contributed by atoms with Crippen LogP contribution in [0.5, 0.6) is 5.75 Å². The topological polar surface area (TPSA) is 62.2 Å². The van der Waals surface area contributed by atoms with Gasteiger partial charge in [0, 0.05) is 12.7 Å². The van der Waals surface area contributed by atoms with Gasteiger partial charge in [-0.2, -0.15) is 0 Å². The van der Waals surface area contributed by atoms with E-state index in [1.54, 1.807) is 24.3 Å². The van der Waals surface area contributed by atoms with E-state index < -0.39 is 5.91 Å². The molecule has 1 amide bonds. The summed E-state index contributed by atoms with van der Waals surface area (Å²) in [6.45, 7) is 0.270. The number of hydrogen-bond acceptors (Lipinski definition) is 3. The van der Waals surface area contributed by atoms with Crippen molar-refractivity contribution in [2.75, 3.05) is 0 Å². The second-order valence-electron chi connectivity index (χ2n) is 3.80. The number of halogens is 2. The number of nitrogens with zero attached hydrogens (tertiary/aromatic N) is 1. The Morgan fingerprint density at radius 2 is 2.05 bits per heavy atom. The van der Waals surface area contributed by atoms with Gasteiger partial charge in [0.2, 0.25) is 0 Å². The fraction of sp³-hybridized carbons (Fsp3) is 0.0769. The molecule has 0 aliphatic rings. The smallest absolute Gasteiger partial charge is 0.273 e. The predicted octanol–water partition coefficient (Wildman–Crippen LogP) is 3.02. The van der Waals surface area contributed by atoms with E-state index in [1.165, 1.54) is 12.3 Å². The SMILES string of the molecule is O=C(NCc1ccc(Cl)c(Cl)c1)c1ncccc1O. The average Bonchev–Trinajstić information content (AvgIpc) is 2.40. The van der Waals surface area contributed by atoms with E-state index in [0.717, 1.165) is 5.56 Å². The molecule has 0 unspecified atom stereocenters. The van der Waals surface area contributed by atoms with Crippen molar-refractivity contribution < 1.29 is 9.90 Å². The molecule has 1 aromatic heterocycles. The van der Waals surface area contributed by atoms with Crippen molar-refractivity contribution in [1.29, 1.82) is 0 Å². The van der Waals surface area contributed by atoms with E-state index in [0.29, 0.717) is 10.0 Å². The molecular weight excluding hydrogens is 287 g/mol. The van der Waals surface area contributed by atoms with Crippen LogP contribution < -0.4 is 5.32 Å². The lowest BCUT2D eigenvalue weighted by Crippen LogP contribution is -2.23. The highest BCUT2D eigenvalue weighted by atomic mass is 35.5. The highest BCUT2D eigenvalue weighted by Crippen LogP contribution is 2.22. The zero-order valence-electron chi connectivity index (χ0n) is 9.73. The van der Waals surface area contributed by atoms with Gasteiger partial charge in [0.1, 0.15) is 5.75 Å². The van der Waals surface area contributed by atoms with Crippen molar-refractivity contribution in [1.82, 2.24) is 10.3 Å². The number of aromatic hydroxyl groups is 1. The minimum absolute atomic E-state index is 0.0115. The molecule has 0 aliphatic carbocycles. The summed E-state index contributed by atoms with van der Waals surface area (Å²) in [7, 11) is 0. The van der Waals surface area contributed by atoms with Crippen LogP contribution in [0.15, 0.2) is 36.5 Å². The van der Waals surface area contributed by atoms with E-state index in [4.69, 9.17) is 23.2 Å². The van der Waals surface area contributed by atoms with Crippen LogP contribution in [0.25, 0.3) is 0 Å². The van der Waals surface area contributed by atoms with E-state index in [9.17, 15) is 9.90 Å². The third-order valence-electron chi connectivity index (χ3n) is 2.44. The largest absolute Gasteiger partial charge is 0.505 e. The van der Waals surface area contributed by atoms with E-state index in [1.807, 2.05) is 0 Å². The Kier molecular flexibility index (Phi) is 4.24. The molecule has 2 N–H and O–H groups in total. The fourth-order valence-corrected chi connectivity index (χ4v) is 1.81. The molecule has 6 heteroatoms. The first kappa shape index (κ1) is 13.6. The first-order valence-corrected chi connectivity index (χ1v) is 6.19. The number of hydrogen-bond donors (Lipinski definition) is 2. The van der Waals surface area contributed by atoms with Crippen LogP contribution in [-0.4, -0.2) is 16.0 Å². The van der Waals surface area contributed by atoms with Crippen molar-refractivity contribution >= 4 is 29.1 Å². The Morgan fingerprint density at radius 1 is 1.26 bits per heavy atom. The van der Waals surface area contributed by atoms with Crippen LogP contribution in [0, 0.1) is 0 Å². The molecule has 0 bridgehead atoms. The van der Waals surface area contributed by atoms with E-state index >= 15 is 0 Å². The number of rotatable bonds is 3. The number of amides is 1. The van der Waals surface area contributed by atoms with Crippen molar-refractivity contribution in [3.05, 3.63) is 57.8 Å². The summed E-state index contributed by atoms with van der Waals surface area (Å²) in [5.41, 5.74) is 0.792. The minimum Gasteiger partial charge on any atom is -0.505 e. The zero-order valence-corrected chi connectivity index (χ0v) is 11.2. The molecule has 0 atom stereocenters. The maximum absolute atomic E-state index is 11.8. The number of carbonyl (C=O) groups excluding carboxylic acids is 1. The van der Waals surface area contributed by atoms with Crippen LogP contribution in [0.4, 0.5) is 0 Å². The van der Waals surface area contributed by atoms with Gasteiger partial charge in [-0.3, -0.25) is 4.79 Å². The molecule has 1 heterocycles. The summed E-state index contributed by atoms with van der Waals surface area (Å²) >= 11 is 11.7.